The zero-order chi connectivity index (χ0) is 11.0. The fraction of sp³-hybridized carbons (Fsp3) is 0.429. The first kappa shape index (κ1) is 12.6. The van der Waals surface area contributed by atoms with Gasteiger partial charge in [0.2, 0.25) is 0 Å². The van der Waals surface area contributed by atoms with Crippen LogP contribution in [0.25, 0.3) is 6.08 Å². The minimum atomic E-state index is -0.147. The molecule has 17 heavy (non-hydrogen) atoms. The molecule has 2 saturated heterocycles. The number of benzene rings is 1. The summed E-state index contributed by atoms with van der Waals surface area (Å²) in [7, 11) is 0. The van der Waals surface area contributed by atoms with E-state index < -0.39 is 0 Å². The third-order valence-electron chi connectivity index (χ3n) is 3.57. The molecule has 3 heteroatoms. The molecule has 92 valence electrons. The molecule has 0 amide bonds. The number of hydrogen-bond acceptors (Lipinski definition) is 1. The van der Waals surface area contributed by atoms with Crippen molar-refractivity contribution in [2.45, 2.75) is 37.8 Å². The summed E-state index contributed by atoms with van der Waals surface area (Å²) in [6, 6.07) is 8.18. The Hall–Kier alpha value is -0.860. The monoisotopic (exact) mass is 253 g/mol. The van der Waals surface area contributed by atoms with Gasteiger partial charge in [-0.2, -0.15) is 0 Å². The smallest absolute Gasteiger partial charge is 0.123 e. The second kappa shape index (κ2) is 5.19. The van der Waals surface area contributed by atoms with Gasteiger partial charge in [-0.1, -0.05) is 23.8 Å². The van der Waals surface area contributed by atoms with Crippen LogP contribution in [0, 0.1) is 5.82 Å². The lowest BCUT2D eigenvalue weighted by Gasteiger charge is -2.23. The van der Waals surface area contributed by atoms with E-state index in [0.717, 1.165) is 18.4 Å². The SMILES string of the molecule is Cl.Fc1cccc(C=C2CC3CCC(C2)N3)c1. The van der Waals surface area contributed by atoms with Gasteiger partial charge in [0.25, 0.3) is 0 Å². The molecule has 2 bridgehead atoms. The zero-order valence-corrected chi connectivity index (χ0v) is 10.5. The first-order valence-electron chi connectivity index (χ1n) is 6.01. The lowest BCUT2D eigenvalue weighted by Crippen LogP contribution is -2.34. The highest BCUT2D eigenvalue weighted by Crippen LogP contribution is 2.31. The van der Waals surface area contributed by atoms with E-state index in [1.165, 1.54) is 24.5 Å². The van der Waals surface area contributed by atoms with Crippen molar-refractivity contribution in [3.8, 4) is 0 Å². The molecule has 1 aromatic rings. The van der Waals surface area contributed by atoms with Crippen LogP contribution >= 0.6 is 12.4 Å². The molecule has 1 aromatic carbocycles. The van der Waals surface area contributed by atoms with Crippen LogP contribution in [0.1, 0.15) is 31.2 Å². The summed E-state index contributed by atoms with van der Waals surface area (Å²) in [4.78, 5) is 0. The molecule has 2 aliphatic heterocycles. The van der Waals surface area contributed by atoms with Crippen molar-refractivity contribution in [3.63, 3.8) is 0 Å². The first-order valence-corrected chi connectivity index (χ1v) is 6.01. The molecular formula is C14H17ClFN. The summed E-state index contributed by atoms with van der Waals surface area (Å²) in [6.07, 6.45) is 7.02. The maximum Gasteiger partial charge on any atom is 0.123 e. The number of rotatable bonds is 1. The molecular weight excluding hydrogens is 237 g/mol. The van der Waals surface area contributed by atoms with Crippen LogP contribution in [0.2, 0.25) is 0 Å². The summed E-state index contributed by atoms with van der Waals surface area (Å²) in [5, 5.41) is 3.60. The molecule has 0 saturated carbocycles. The van der Waals surface area contributed by atoms with Crippen molar-refractivity contribution in [1.29, 1.82) is 0 Å². The summed E-state index contributed by atoms with van der Waals surface area (Å²) >= 11 is 0. The first-order chi connectivity index (χ1) is 7.79. The van der Waals surface area contributed by atoms with Gasteiger partial charge in [0, 0.05) is 12.1 Å². The highest BCUT2D eigenvalue weighted by Gasteiger charge is 2.29. The van der Waals surface area contributed by atoms with E-state index >= 15 is 0 Å². The van der Waals surface area contributed by atoms with Crippen molar-refractivity contribution in [1.82, 2.24) is 5.32 Å². The highest BCUT2D eigenvalue weighted by atomic mass is 35.5. The lowest BCUT2D eigenvalue weighted by molar-refractivity contribution is 0.476. The Morgan fingerprint density at radius 3 is 2.53 bits per heavy atom. The Morgan fingerprint density at radius 2 is 1.88 bits per heavy atom. The van der Waals surface area contributed by atoms with Crippen molar-refractivity contribution >= 4 is 18.5 Å². The predicted molar refractivity (Wildman–Crippen MR) is 70.8 cm³/mol. The maximum absolute atomic E-state index is 13.0. The van der Waals surface area contributed by atoms with Crippen LogP contribution in [-0.2, 0) is 0 Å². The van der Waals surface area contributed by atoms with E-state index in [0.29, 0.717) is 12.1 Å². The fourth-order valence-corrected chi connectivity index (χ4v) is 2.89. The largest absolute Gasteiger partial charge is 0.311 e. The summed E-state index contributed by atoms with van der Waals surface area (Å²) in [5.41, 5.74) is 2.47. The van der Waals surface area contributed by atoms with E-state index in [1.807, 2.05) is 6.07 Å². The molecule has 1 N–H and O–H groups in total. The zero-order valence-electron chi connectivity index (χ0n) is 9.66. The molecule has 2 heterocycles. The van der Waals surface area contributed by atoms with Crippen LogP contribution in [0.4, 0.5) is 4.39 Å². The van der Waals surface area contributed by atoms with Crippen molar-refractivity contribution in [2.24, 2.45) is 0 Å². The Kier molecular flexibility index (Phi) is 3.85. The number of fused-ring (bicyclic) bond motifs is 2. The van der Waals surface area contributed by atoms with E-state index in [1.54, 1.807) is 12.1 Å². The molecule has 0 aromatic heterocycles. The molecule has 0 aliphatic carbocycles. The maximum atomic E-state index is 13.0. The second-order valence-electron chi connectivity index (χ2n) is 4.90. The normalized spacial score (nSPS) is 26.5. The number of nitrogens with one attached hydrogen (secondary N) is 1. The van der Waals surface area contributed by atoms with Crippen molar-refractivity contribution in [2.75, 3.05) is 0 Å². The quantitative estimate of drug-likeness (QED) is 0.807. The van der Waals surface area contributed by atoms with Gasteiger partial charge in [-0.25, -0.2) is 4.39 Å². The van der Waals surface area contributed by atoms with Gasteiger partial charge in [0.15, 0.2) is 0 Å². The van der Waals surface area contributed by atoms with Gasteiger partial charge in [-0.05, 0) is 43.4 Å². The van der Waals surface area contributed by atoms with E-state index in [9.17, 15) is 4.39 Å². The summed E-state index contributed by atoms with van der Waals surface area (Å²) < 4.78 is 13.0. The molecule has 3 rings (SSSR count). The van der Waals surface area contributed by atoms with E-state index in [2.05, 4.69) is 11.4 Å². The Labute approximate surface area is 108 Å². The third-order valence-corrected chi connectivity index (χ3v) is 3.57. The van der Waals surface area contributed by atoms with Gasteiger partial charge in [0.1, 0.15) is 5.82 Å². The van der Waals surface area contributed by atoms with Gasteiger partial charge >= 0.3 is 0 Å². The van der Waals surface area contributed by atoms with Crippen molar-refractivity contribution < 1.29 is 4.39 Å². The Morgan fingerprint density at radius 1 is 1.18 bits per heavy atom. The predicted octanol–water partition coefficient (Wildman–Crippen LogP) is 3.55. The molecule has 0 radical (unpaired) electrons. The third kappa shape index (κ3) is 2.88. The average molecular weight is 254 g/mol. The molecule has 2 fully saturated rings. The van der Waals surface area contributed by atoms with Gasteiger partial charge in [-0.3, -0.25) is 0 Å². The average Bonchev–Trinajstić information content (AvgIpc) is 2.58. The van der Waals surface area contributed by atoms with Crippen LogP contribution in [0.15, 0.2) is 29.8 Å². The van der Waals surface area contributed by atoms with Gasteiger partial charge < -0.3 is 5.32 Å². The molecule has 2 unspecified atom stereocenters. The molecule has 1 nitrogen and oxygen atoms in total. The second-order valence-corrected chi connectivity index (χ2v) is 4.90. The molecule has 2 aliphatic rings. The minimum absolute atomic E-state index is 0. The Balaban J connectivity index is 0.00000108. The topological polar surface area (TPSA) is 12.0 Å². The highest BCUT2D eigenvalue weighted by molar-refractivity contribution is 5.85. The lowest BCUT2D eigenvalue weighted by atomic mass is 9.97. The Bertz CT molecular complexity index is 416. The van der Waals surface area contributed by atoms with Crippen LogP contribution < -0.4 is 5.32 Å². The summed E-state index contributed by atoms with van der Waals surface area (Å²) in [5.74, 6) is -0.147. The molecule has 0 spiro atoms. The number of halogens is 2. The minimum Gasteiger partial charge on any atom is -0.311 e. The van der Waals surface area contributed by atoms with Crippen LogP contribution in [-0.4, -0.2) is 12.1 Å². The van der Waals surface area contributed by atoms with Gasteiger partial charge in [0.05, 0.1) is 0 Å². The van der Waals surface area contributed by atoms with E-state index in [-0.39, 0.29) is 18.2 Å². The fourth-order valence-electron chi connectivity index (χ4n) is 2.89. The number of piperidine rings is 1. The van der Waals surface area contributed by atoms with E-state index in [4.69, 9.17) is 0 Å². The molecule has 2 atom stereocenters. The van der Waals surface area contributed by atoms with Gasteiger partial charge in [-0.15, -0.1) is 12.4 Å². The summed E-state index contributed by atoms with van der Waals surface area (Å²) in [6.45, 7) is 0. The standard InChI is InChI=1S/C14H16FN.ClH/c15-12-3-1-2-10(7-12)6-11-8-13-4-5-14(9-11)16-13;/h1-3,6-7,13-14,16H,4-5,8-9H2;1H. The van der Waals surface area contributed by atoms with Crippen LogP contribution in [0.5, 0.6) is 0 Å². The van der Waals surface area contributed by atoms with Crippen LogP contribution in [0.3, 0.4) is 0 Å². The number of hydrogen-bond donors (Lipinski definition) is 1. The van der Waals surface area contributed by atoms with Crippen molar-refractivity contribution in [3.05, 3.63) is 41.2 Å².